The molecule has 0 saturated carbocycles. The molecule has 3 aromatic carbocycles. The fraction of sp³-hybridized carbons (Fsp3) is 0.200. The van der Waals surface area contributed by atoms with Crippen molar-refractivity contribution in [3.05, 3.63) is 101 Å². The van der Waals surface area contributed by atoms with Crippen molar-refractivity contribution in [1.82, 2.24) is 5.43 Å². The van der Waals surface area contributed by atoms with Crippen LogP contribution in [0.25, 0.3) is 0 Å². The maximum absolute atomic E-state index is 12.3. The van der Waals surface area contributed by atoms with Gasteiger partial charge >= 0.3 is 0 Å². The fourth-order valence-corrected chi connectivity index (χ4v) is 4.18. The third kappa shape index (κ3) is 5.17. The number of quaternary nitrogens is 1. The molecule has 1 aliphatic rings. The van der Waals surface area contributed by atoms with Crippen LogP contribution in [0.2, 0.25) is 0 Å². The molecule has 0 fully saturated rings. The van der Waals surface area contributed by atoms with Gasteiger partial charge in [0.05, 0.1) is 12.8 Å². The van der Waals surface area contributed by atoms with Gasteiger partial charge in [0.2, 0.25) is 0 Å². The first kappa shape index (κ1) is 20.4. The van der Waals surface area contributed by atoms with Crippen molar-refractivity contribution in [2.45, 2.75) is 24.4 Å². The van der Waals surface area contributed by atoms with E-state index in [-0.39, 0.29) is 5.91 Å². The maximum Gasteiger partial charge on any atom is 0.271 e. The van der Waals surface area contributed by atoms with Gasteiger partial charge in [-0.2, -0.15) is 5.10 Å². The van der Waals surface area contributed by atoms with Gasteiger partial charge in [-0.25, -0.2) is 5.43 Å². The van der Waals surface area contributed by atoms with Gasteiger partial charge in [0.25, 0.3) is 5.91 Å². The third-order valence-corrected chi connectivity index (χ3v) is 6.22. The molecule has 0 aromatic heterocycles. The maximum atomic E-state index is 12.3. The smallest absolute Gasteiger partial charge is 0.271 e. The number of hydrazone groups is 1. The second kappa shape index (κ2) is 9.74. The van der Waals surface area contributed by atoms with Crippen molar-refractivity contribution in [2.24, 2.45) is 5.10 Å². The first-order chi connectivity index (χ1) is 14.7. The van der Waals surface area contributed by atoms with Crippen LogP contribution in [0.15, 0.2) is 82.8 Å². The van der Waals surface area contributed by atoms with Crippen molar-refractivity contribution >= 4 is 23.9 Å². The molecule has 4 rings (SSSR count). The molecule has 0 bridgehead atoms. The summed E-state index contributed by atoms with van der Waals surface area (Å²) >= 11 is 1.70. The summed E-state index contributed by atoms with van der Waals surface area (Å²) in [5, 5.41) is 4.08. The molecule has 2 N–H and O–H groups in total. The Morgan fingerprint density at radius 3 is 2.50 bits per heavy atom. The molecule has 30 heavy (non-hydrogen) atoms. The van der Waals surface area contributed by atoms with E-state index in [1.54, 1.807) is 22.9 Å². The molecule has 1 amide bonds. The van der Waals surface area contributed by atoms with E-state index in [9.17, 15) is 4.79 Å². The van der Waals surface area contributed by atoms with Gasteiger partial charge in [0.1, 0.15) is 13.1 Å². The summed E-state index contributed by atoms with van der Waals surface area (Å²) in [6.45, 7) is 3.18. The minimum absolute atomic E-state index is 0.196. The quantitative estimate of drug-likeness (QED) is 0.368. The topological polar surface area (TPSA) is 45.9 Å². The zero-order valence-corrected chi connectivity index (χ0v) is 17.9. The van der Waals surface area contributed by atoms with Crippen LogP contribution in [0, 0.1) is 0 Å². The summed E-state index contributed by atoms with van der Waals surface area (Å²) in [7, 11) is 0. The van der Waals surface area contributed by atoms with Crippen LogP contribution in [-0.4, -0.2) is 24.9 Å². The predicted octanol–water partition coefficient (Wildman–Crippen LogP) is 3.31. The lowest BCUT2D eigenvalue weighted by molar-refractivity contribution is -0.929. The zero-order valence-electron chi connectivity index (χ0n) is 17.1. The van der Waals surface area contributed by atoms with Crippen molar-refractivity contribution in [1.29, 1.82) is 0 Å². The molecule has 152 valence electrons. The lowest BCUT2D eigenvalue weighted by Gasteiger charge is -2.26. The second-order valence-electron chi connectivity index (χ2n) is 7.54. The van der Waals surface area contributed by atoms with E-state index in [1.807, 2.05) is 54.8 Å². The summed E-state index contributed by atoms with van der Waals surface area (Å²) < 4.78 is 0. The lowest BCUT2D eigenvalue weighted by atomic mass is 9.99. The summed E-state index contributed by atoms with van der Waals surface area (Å²) in [6.07, 6.45) is 4.83. The first-order valence-electron chi connectivity index (χ1n) is 10.2. The Bertz CT molecular complexity index is 1030. The number of benzene rings is 3. The average Bonchev–Trinajstić information content (AvgIpc) is 2.80. The molecule has 1 aliphatic heterocycles. The van der Waals surface area contributed by atoms with Gasteiger partial charge in [-0.05, 0) is 41.6 Å². The predicted molar refractivity (Wildman–Crippen MR) is 123 cm³/mol. The van der Waals surface area contributed by atoms with Crippen molar-refractivity contribution in [2.75, 3.05) is 12.8 Å². The highest BCUT2D eigenvalue weighted by Gasteiger charge is 2.19. The van der Waals surface area contributed by atoms with Gasteiger partial charge in [-0.15, -0.1) is 11.8 Å². The highest BCUT2D eigenvalue weighted by Crippen LogP contribution is 2.14. The van der Waals surface area contributed by atoms with Gasteiger partial charge in [-0.1, -0.05) is 48.5 Å². The Kier molecular flexibility index (Phi) is 6.62. The van der Waals surface area contributed by atoms with E-state index in [2.05, 4.69) is 34.8 Å². The van der Waals surface area contributed by atoms with Crippen LogP contribution < -0.4 is 10.3 Å². The number of hydrogen-bond donors (Lipinski definition) is 2. The fourth-order valence-electron chi connectivity index (χ4n) is 3.78. The van der Waals surface area contributed by atoms with Crippen LogP contribution in [0.5, 0.6) is 0 Å². The summed E-state index contributed by atoms with van der Waals surface area (Å²) in [5.74, 6) is -0.196. The SMILES string of the molecule is CSc1ccc(/C=N\NC(=O)c2ccc(C[NH+]3CCc4ccccc4C3)cc2)cc1. The minimum atomic E-state index is -0.196. The molecule has 1 unspecified atom stereocenters. The number of hydrogen-bond acceptors (Lipinski definition) is 3. The molecule has 0 aliphatic carbocycles. The molecule has 3 aromatic rings. The highest BCUT2D eigenvalue weighted by atomic mass is 32.2. The lowest BCUT2D eigenvalue weighted by Crippen LogP contribution is -3.10. The number of fused-ring (bicyclic) bond motifs is 1. The number of nitrogens with one attached hydrogen (secondary N) is 2. The van der Waals surface area contributed by atoms with Crippen molar-refractivity contribution in [3.8, 4) is 0 Å². The second-order valence-corrected chi connectivity index (χ2v) is 8.42. The van der Waals surface area contributed by atoms with E-state index in [4.69, 9.17) is 0 Å². The Morgan fingerprint density at radius 1 is 1.03 bits per heavy atom. The molecule has 4 nitrogen and oxygen atoms in total. The number of thioether (sulfide) groups is 1. The molecule has 0 saturated heterocycles. The van der Waals surface area contributed by atoms with Crippen molar-refractivity contribution < 1.29 is 9.69 Å². The van der Waals surface area contributed by atoms with Crippen LogP contribution in [-0.2, 0) is 19.5 Å². The highest BCUT2D eigenvalue weighted by molar-refractivity contribution is 7.98. The van der Waals surface area contributed by atoms with Gasteiger partial charge in [0, 0.05) is 28.0 Å². The van der Waals surface area contributed by atoms with Crippen LogP contribution >= 0.6 is 11.8 Å². The molecule has 1 heterocycles. The van der Waals surface area contributed by atoms with E-state index >= 15 is 0 Å². The van der Waals surface area contributed by atoms with E-state index < -0.39 is 0 Å². The first-order valence-corrected chi connectivity index (χ1v) is 11.4. The van der Waals surface area contributed by atoms with Crippen LogP contribution in [0.3, 0.4) is 0 Å². The number of amides is 1. The Hall–Kier alpha value is -2.89. The molecular weight excluding hydrogens is 390 g/mol. The Morgan fingerprint density at radius 2 is 1.77 bits per heavy atom. The average molecular weight is 417 g/mol. The zero-order chi connectivity index (χ0) is 20.8. The molecule has 0 spiro atoms. The summed E-state index contributed by atoms with van der Waals surface area (Å²) in [6, 6.07) is 24.6. The number of nitrogens with zero attached hydrogens (tertiary/aromatic N) is 1. The number of carbonyl (C=O) groups is 1. The van der Waals surface area contributed by atoms with Crippen molar-refractivity contribution in [3.63, 3.8) is 0 Å². The summed E-state index contributed by atoms with van der Waals surface area (Å²) in [4.78, 5) is 15.1. The van der Waals surface area contributed by atoms with E-state index in [1.165, 1.54) is 21.6 Å². The Labute approximate surface area is 182 Å². The van der Waals surface area contributed by atoms with E-state index in [0.717, 1.165) is 31.6 Å². The Balaban J connectivity index is 1.30. The van der Waals surface area contributed by atoms with Gasteiger partial charge in [-0.3, -0.25) is 4.79 Å². The summed E-state index contributed by atoms with van der Waals surface area (Å²) in [5.41, 5.74) is 8.36. The van der Waals surface area contributed by atoms with Crippen LogP contribution in [0.1, 0.15) is 32.6 Å². The third-order valence-electron chi connectivity index (χ3n) is 5.47. The normalized spacial score (nSPS) is 15.7. The van der Waals surface area contributed by atoms with Gasteiger partial charge < -0.3 is 4.90 Å². The molecule has 5 heteroatoms. The monoisotopic (exact) mass is 416 g/mol. The standard InChI is InChI=1S/C25H25N3OS/c1-30-24-12-8-19(9-13-24)16-26-27-25(29)22-10-6-20(7-11-22)17-28-15-14-21-4-2-3-5-23(21)18-28/h2-13,16H,14-15,17-18H2,1H3,(H,27,29)/p+1/b26-16-. The molecule has 0 radical (unpaired) electrons. The largest absolute Gasteiger partial charge is 0.327 e. The van der Waals surface area contributed by atoms with Gasteiger partial charge in [0.15, 0.2) is 0 Å². The minimum Gasteiger partial charge on any atom is -0.327 e. The number of carbonyl (C=O) groups excluding carboxylic acids is 1. The number of rotatable bonds is 6. The van der Waals surface area contributed by atoms with Crippen LogP contribution in [0.4, 0.5) is 0 Å². The molecule has 1 atom stereocenters. The van der Waals surface area contributed by atoms with E-state index in [0.29, 0.717) is 5.56 Å². The molecular formula is C25H26N3OS+.